The van der Waals surface area contributed by atoms with E-state index in [0.717, 1.165) is 19.5 Å². The fourth-order valence-electron chi connectivity index (χ4n) is 3.61. The lowest BCUT2D eigenvalue weighted by atomic mass is 9.75. The van der Waals surface area contributed by atoms with Crippen LogP contribution in [0, 0.1) is 29.6 Å². The van der Waals surface area contributed by atoms with Crippen LogP contribution in [0.3, 0.4) is 0 Å². The maximum Gasteiger partial charge on any atom is 0.310 e. The highest BCUT2D eigenvalue weighted by Crippen LogP contribution is 2.36. The summed E-state index contributed by atoms with van der Waals surface area (Å²) in [7, 11) is 0. The second kappa shape index (κ2) is 6.25. The molecule has 3 heteroatoms. The quantitative estimate of drug-likeness (QED) is 0.799. The van der Waals surface area contributed by atoms with E-state index < -0.39 is 0 Å². The van der Waals surface area contributed by atoms with E-state index in [0.29, 0.717) is 23.7 Å². The van der Waals surface area contributed by atoms with Crippen LogP contribution in [0.15, 0.2) is 0 Å². The molecule has 0 amide bonds. The SMILES string of the molecule is CC1CCC(C(C)C)C(OC(=O)C2CNCC2C)C1. The zero-order valence-electron chi connectivity index (χ0n) is 12.8. The highest BCUT2D eigenvalue weighted by Gasteiger charge is 2.37. The number of nitrogens with one attached hydrogen (secondary N) is 1. The van der Waals surface area contributed by atoms with Gasteiger partial charge < -0.3 is 10.1 Å². The lowest BCUT2D eigenvalue weighted by Crippen LogP contribution is -2.38. The molecule has 0 radical (unpaired) electrons. The minimum absolute atomic E-state index is 0.0299. The number of esters is 1. The van der Waals surface area contributed by atoms with E-state index in [-0.39, 0.29) is 18.0 Å². The number of hydrogen-bond acceptors (Lipinski definition) is 3. The molecule has 19 heavy (non-hydrogen) atoms. The maximum absolute atomic E-state index is 12.3. The summed E-state index contributed by atoms with van der Waals surface area (Å²) in [6.07, 6.45) is 3.67. The van der Waals surface area contributed by atoms with E-state index in [9.17, 15) is 4.79 Å². The Labute approximate surface area is 117 Å². The lowest BCUT2D eigenvalue weighted by Gasteiger charge is -2.37. The van der Waals surface area contributed by atoms with Gasteiger partial charge in [-0.2, -0.15) is 0 Å². The van der Waals surface area contributed by atoms with Crippen molar-refractivity contribution in [2.45, 2.75) is 53.1 Å². The third-order valence-corrected chi connectivity index (χ3v) is 5.05. The fourth-order valence-corrected chi connectivity index (χ4v) is 3.61. The van der Waals surface area contributed by atoms with Gasteiger partial charge in [0.15, 0.2) is 0 Å². The molecule has 5 unspecified atom stereocenters. The molecule has 2 fully saturated rings. The number of carbonyl (C=O) groups is 1. The molecule has 1 saturated heterocycles. The Hall–Kier alpha value is -0.570. The van der Waals surface area contributed by atoms with Crippen molar-refractivity contribution in [3.05, 3.63) is 0 Å². The predicted molar refractivity (Wildman–Crippen MR) is 76.7 cm³/mol. The summed E-state index contributed by atoms with van der Waals surface area (Å²) in [6, 6.07) is 0. The Kier molecular flexibility index (Phi) is 4.88. The van der Waals surface area contributed by atoms with Gasteiger partial charge in [-0.1, -0.05) is 34.1 Å². The van der Waals surface area contributed by atoms with Gasteiger partial charge in [-0.05, 0) is 43.1 Å². The average molecular weight is 267 g/mol. The number of hydrogen-bond donors (Lipinski definition) is 1. The van der Waals surface area contributed by atoms with Crippen molar-refractivity contribution in [2.24, 2.45) is 29.6 Å². The summed E-state index contributed by atoms with van der Waals surface area (Å²) < 4.78 is 5.91. The number of rotatable bonds is 3. The zero-order valence-corrected chi connectivity index (χ0v) is 12.8. The molecule has 0 aromatic heterocycles. The van der Waals surface area contributed by atoms with E-state index in [1.54, 1.807) is 0 Å². The van der Waals surface area contributed by atoms with Crippen molar-refractivity contribution in [2.75, 3.05) is 13.1 Å². The highest BCUT2D eigenvalue weighted by molar-refractivity contribution is 5.73. The van der Waals surface area contributed by atoms with Crippen molar-refractivity contribution < 1.29 is 9.53 Å². The average Bonchev–Trinajstić information content (AvgIpc) is 2.75. The lowest BCUT2D eigenvalue weighted by molar-refractivity contribution is -0.161. The van der Waals surface area contributed by atoms with Crippen LogP contribution in [0.25, 0.3) is 0 Å². The summed E-state index contributed by atoms with van der Waals surface area (Å²) >= 11 is 0. The van der Waals surface area contributed by atoms with Crippen LogP contribution in [0.4, 0.5) is 0 Å². The van der Waals surface area contributed by atoms with Gasteiger partial charge >= 0.3 is 5.97 Å². The van der Waals surface area contributed by atoms with E-state index in [2.05, 4.69) is 33.0 Å². The Morgan fingerprint density at radius 3 is 2.53 bits per heavy atom. The second-order valence-corrected chi connectivity index (χ2v) is 7.04. The van der Waals surface area contributed by atoms with Crippen LogP contribution in [0.1, 0.15) is 47.0 Å². The molecular weight excluding hydrogens is 238 g/mol. The van der Waals surface area contributed by atoms with Crippen LogP contribution >= 0.6 is 0 Å². The van der Waals surface area contributed by atoms with E-state index in [1.165, 1.54) is 12.8 Å². The van der Waals surface area contributed by atoms with Gasteiger partial charge in [0.1, 0.15) is 6.10 Å². The van der Waals surface area contributed by atoms with Gasteiger partial charge in [-0.3, -0.25) is 4.79 Å². The Morgan fingerprint density at radius 2 is 1.95 bits per heavy atom. The maximum atomic E-state index is 12.3. The summed E-state index contributed by atoms with van der Waals surface area (Å²) in [4.78, 5) is 12.3. The fraction of sp³-hybridized carbons (Fsp3) is 0.938. The molecule has 1 aliphatic carbocycles. The molecule has 2 rings (SSSR count). The molecule has 1 heterocycles. The largest absolute Gasteiger partial charge is 0.462 e. The van der Waals surface area contributed by atoms with Crippen LogP contribution in [0.2, 0.25) is 0 Å². The highest BCUT2D eigenvalue weighted by atomic mass is 16.5. The normalized spacial score (nSPS) is 39.5. The second-order valence-electron chi connectivity index (χ2n) is 7.04. The monoisotopic (exact) mass is 267 g/mol. The molecular formula is C16H29NO2. The van der Waals surface area contributed by atoms with Crippen LogP contribution in [0.5, 0.6) is 0 Å². The molecule has 110 valence electrons. The van der Waals surface area contributed by atoms with Crippen molar-refractivity contribution in [3.63, 3.8) is 0 Å². The molecule has 0 spiro atoms. The molecule has 1 saturated carbocycles. The third kappa shape index (κ3) is 3.50. The van der Waals surface area contributed by atoms with Crippen LogP contribution in [-0.4, -0.2) is 25.2 Å². The molecule has 0 aromatic carbocycles. The van der Waals surface area contributed by atoms with Crippen molar-refractivity contribution in [1.29, 1.82) is 0 Å². The Morgan fingerprint density at radius 1 is 1.21 bits per heavy atom. The van der Waals surface area contributed by atoms with Crippen molar-refractivity contribution in [1.82, 2.24) is 5.32 Å². The minimum Gasteiger partial charge on any atom is -0.462 e. The Balaban J connectivity index is 1.96. The van der Waals surface area contributed by atoms with Gasteiger partial charge in [0.05, 0.1) is 5.92 Å². The molecule has 5 atom stereocenters. The van der Waals surface area contributed by atoms with Gasteiger partial charge in [0, 0.05) is 6.54 Å². The number of carbonyl (C=O) groups excluding carboxylic acids is 1. The standard InChI is InChI=1S/C16H29NO2/c1-10(2)13-6-5-11(3)7-15(13)19-16(18)14-9-17-8-12(14)4/h10-15,17H,5-9H2,1-4H3. The summed E-state index contributed by atoms with van der Waals surface area (Å²) in [5, 5.41) is 3.28. The first-order chi connectivity index (χ1) is 8.99. The zero-order chi connectivity index (χ0) is 14.0. The van der Waals surface area contributed by atoms with Crippen molar-refractivity contribution in [3.8, 4) is 0 Å². The van der Waals surface area contributed by atoms with Crippen molar-refractivity contribution >= 4 is 5.97 Å². The van der Waals surface area contributed by atoms with Gasteiger partial charge in [0.2, 0.25) is 0 Å². The smallest absolute Gasteiger partial charge is 0.310 e. The Bertz CT molecular complexity index is 316. The first-order valence-corrected chi connectivity index (χ1v) is 7.90. The third-order valence-electron chi connectivity index (χ3n) is 5.05. The van der Waals surface area contributed by atoms with E-state index in [1.807, 2.05) is 0 Å². The molecule has 0 bridgehead atoms. The number of ether oxygens (including phenoxy) is 1. The van der Waals surface area contributed by atoms with E-state index in [4.69, 9.17) is 4.74 Å². The summed E-state index contributed by atoms with van der Waals surface area (Å²) in [6.45, 7) is 10.6. The molecule has 1 N–H and O–H groups in total. The molecule has 0 aromatic rings. The van der Waals surface area contributed by atoms with E-state index >= 15 is 0 Å². The summed E-state index contributed by atoms with van der Waals surface area (Å²) in [5.41, 5.74) is 0. The molecule has 2 aliphatic rings. The summed E-state index contributed by atoms with van der Waals surface area (Å²) in [5.74, 6) is 2.33. The van der Waals surface area contributed by atoms with Gasteiger partial charge in [0.25, 0.3) is 0 Å². The first kappa shape index (κ1) is 14.8. The molecule has 3 nitrogen and oxygen atoms in total. The van der Waals surface area contributed by atoms with Gasteiger partial charge in [-0.25, -0.2) is 0 Å². The molecule has 1 aliphatic heterocycles. The topological polar surface area (TPSA) is 38.3 Å². The first-order valence-electron chi connectivity index (χ1n) is 7.90. The predicted octanol–water partition coefficient (Wildman–Crippen LogP) is 2.85. The van der Waals surface area contributed by atoms with Crippen LogP contribution < -0.4 is 5.32 Å². The van der Waals surface area contributed by atoms with Crippen LogP contribution in [-0.2, 0) is 9.53 Å². The van der Waals surface area contributed by atoms with Gasteiger partial charge in [-0.15, -0.1) is 0 Å². The minimum atomic E-state index is 0.0299.